The molecular formula is C17H23F2NO3. The fourth-order valence-corrected chi connectivity index (χ4v) is 2.66. The van der Waals surface area contributed by atoms with Crippen LogP contribution in [0.1, 0.15) is 32.6 Å². The molecule has 1 fully saturated rings. The molecule has 1 aliphatic rings. The number of rotatable bonds is 6. The second kappa shape index (κ2) is 7.62. The van der Waals surface area contributed by atoms with E-state index in [9.17, 15) is 13.6 Å². The van der Waals surface area contributed by atoms with Crippen molar-refractivity contribution in [3.8, 4) is 11.5 Å². The number of para-hydroxylation sites is 2. The number of halogens is 2. The normalized spacial score (nSPS) is 19.0. The Balaban J connectivity index is 1.78. The predicted molar refractivity (Wildman–Crippen MR) is 83.0 cm³/mol. The number of benzene rings is 1. The summed E-state index contributed by atoms with van der Waals surface area (Å²) in [6, 6.07) is 7.05. The average Bonchev–Trinajstić information content (AvgIpc) is 2.53. The van der Waals surface area contributed by atoms with E-state index < -0.39 is 5.92 Å². The van der Waals surface area contributed by atoms with E-state index in [1.165, 1.54) is 0 Å². The van der Waals surface area contributed by atoms with Gasteiger partial charge in [-0.3, -0.25) is 4.79 Å². The van der Waals surface area contributed by atoms with Crippen LogP contribution in [0.15, 0.2) is 24.3 Å². The molecule has 1 aromatic carbocycles. The van der Waals surface area contributed by atoms with Gasteiger partial charge in [-0.15, -0.1) is 0 Å². The minimum Gasteiger partial charge on any atom is -0.493 e. The van der Waals surface area contributed by atoms with Crippen molar-refractivity contribution in [2.75, 3.05) is 13.7 Å². The minimum atomic E-state index is -2.62. The van der Waals surface area contributed by atoms with E-state index in [1.807, 2.05) is 19.1 Å². The smallest absolute Gasteiger partial charge is 0.248 e. The summed E-state index contributed by atoms with van der Waals surface area (Å²) in [5.41, 5.74) is 0. The van der Waals surface area contributed by atoms with Crippen molar-refractivity contribution < 1.29 is 23.0 Å². The fraction of sp³-hybridized carbons (Fsp3) is 0.588. The molecule has 1 amide bonds. The first kappa shape index (κ1) is 17.5. The van der Waals surface area contributed by atoms with Gasteiger partial charge in [-0.05, 0) is 31.9 Å². The van der Waals surface area contributed by atoms with Gasteiger partial charge in [0, 0.05) is 18.8 Å². The summed E-state index contributed by atoms with van der Waals surface area (Å²) in [5, 5.41) is 2.84. The number of carbonyl (C=O) groups excluding carboxylic acids is 1. The van der Waals surface area contributed by atoms with Gasteiger partial charge in [0.25, 0.3) is 0 Å². The number of alkyl halides is 2. The van der Waals surface area contributed by atoms with Crippen molar-refractivity contribution in [1.29, 1.82) is 0 Å². The van der Waals surface area contributed by atoms with Crippen LogP contribution in [0.3, 0.4) is 0 Å². The molecule has 0 saturated heterocycles. The van der Waals surface area contributed by atoms with Gasteiger partial charge in [0.2, 0.25) is 11.8 Å². The van der Waals surface area contributed by atoms with E-state index >= 15 is 0 Å². The number of methoxy groups -OCH3 is 1. The Labute approximate surface area is 135 Å². The quantitative estimate of drug-likeness (QED) is 0.871. The van der Waals surface area contributed by atoms with Gasteiger partial charge < -0.3 is 14.8 Å². The van der Waals surface area contributed by atoms with E-state index in [2.05, 4.69) is 5.32 Å². The zero-order chi connectivity index (χ0) is 16.9. The summed E-state index contributed by atoms with van der Waals surface area (Å²) in [6.07, 6.45) is 0.0478. The molecule has 0 radical (unpaired) electrons. The largest absolute Gasteiger partial charge is 0.493 e. The molecule has 6 heteroatoms. The number of carbonyl (C=O) groups is 1. The van der Waals surface area contributed by atoms with E-state index in [0.29, 0.717) is 11.5 Å². The highest BCUT2D eigenvalue weighted by molar-refractivity contribution is 5.79. The maximum absolute atomic E-state index is 13.1. The summed E-state index contributed by atoms with van der Waals surface area (Å²) >= 11 is 0. The molecular weight excluding hydrogens is 304 g/mol. The first-order chi connectivity index (χ1) is 10.9. The Kier molecular flexibility index (Phi) is 5.80. The van der Waals surface area contributed by atoms with Crippen LogP contribution in [0.25, 0.3) is 0 Å². The van der Waals surface area contributed by atoms with Gasteiger partial charge in [0.15, 0.2) is 11.5 Å². The van der Waals surface area contributed by atoms with Gasteiger partial charge in [-0.25, -0.2) is 8.78 Å². The summed E-state index contributed by atoms with van der Waals surface area (Å²) in [6.45, 7) is 2.11. The third-order valence-corrected chi connectivity index (χ3v) is 4.03. The van der Waals surface area contributed by atoms with E-state index in [-0.39, 0.29) is 50.2 Å². The predicted octanol–water partition coefficient (Wildman–Crippen LogP) is 3.40. The van der Waals surface area contributed by atoms with Crippen LogP contribution in [0.2, 0.25) is 0 Å². The monoisotopic (exact) mass is 327 g/mol. The first-order valence-corrected chi connectivity index (χ1v) is 7.85. The number of hydrogen-bond acceptors (Lipinski definition) is 3. The Bertz CT molecular complexity index is 526. The fourth-order valence-electron chi connectivity index (χ4n) is 2.66. The van der Waals surface area contributed by atoms with Crippen molar-refractivity contribution in [3.63, 3.8) is 0 Å². The molecule has 4 nitrogen and oxygen atoms in total. The highest BCUT2D eigenvalue weighted by atomic mass is 19.3. The molecule has 0 aromatic heterocycles. The average molecular weight is 327 g/mol. The van der Waals surface area contributed by atoms with Crippen LogP contribution in [0, 0.1) is 5.92 Å². The third kappa shape index (κ3) is 5.08. The Morgan fingerprint density at radius 2 is 1.91 bits per heavy atom. The number of nitrogens with one attached hydrogen (secondary N) is 1. The summed E-state index contributed by atoms with van der Waals surface area (Å²) < 4.78 is 37.1. The van der Waals surface area contributed by atoms with Crippen LogP contribution in [0.5, 0.6) is 11.5 Å². The van der Waals surface area contributed by atoms with Crippen LogP contribution >= 0.6 is 0 Å². The van der Waals surface area contributed by atoms with Crippen molar-refractivity contribution in [2.45, 2.75) is 44.6 Å². The first-order valence-electron chi connectivity index (χ1n) is 7.85. The lowest BCUT2D eigenvalue weighted by Gasteiger charge is -2.28. The molecule has 0 bridgehead atoms. The molecule has 1 atom stereocenters. The molecule has 128 valence electrons. The zero-order valence-corrected chi connectivity index (χ0v) is 13.5. The number of amides is 1. The van der Waals surface area contributed by atoms with Crippen molar-refractivity contribution in [2.24, 2.45) is 5.92 Å². The number of hydrogen-bond donors (Lipinski definition) is 1. The van der Waals surface area contributed by atoms with Gasteiger partial charge in [-0.1, -0.05) is 12.1 Å². The molecule has 1 N–H and O–H groups in total. The Morgan fingerprint density at radius 3 is 2.52 bits per heavy atom. The van der Waals surface area contributed by atoms with Gasteiger partial charge in [0.05, 0.1) is 13.2 Å². The molecule has 0 spiro atoms. The molecule has 23 heavy (non-hydrogen) atoms. The molecule has 2 rings (SSSR count). The molecule has 0 aliphatic heterocycles. The standard InChI is InChI=1S/C17H23F2NO3/c1-12(11-23-15-6-4-3-5-14(15)22-2)20-16(21)13-7-9-17(18,19)10-8-13/h3-6,12-13H,7-11H2,1-2H3,(H,20,21). The highest BCUT2D eigenvalue weighted by Gasteiger charge is 2.37. The molecule has 1 aromatic rings. The zero-order valence-electron chi connectivity index (χ0n) is 13.5. The minimum absolute atomic E-state index is 0.170. The number of ether oxygens (including phenoxy) is 2. The van der Waals surface area contributed by atoms with Crippen molar-refractivity contribution in [3.05, 3.63) is 24.3 Å². The van der Waals surface area contributed by atoms with E-state index in [4.69, 9.17) is 9.47 Å². The van der Waals surface area contributed by atoms with Gasteiger partial charge in [-0.2, -0.15) is 0 Å². The van der Waals surface area contributed by atoms with Crippen molar-refractivity contribution >= 4 is 5.91 Å². The summed E-state index contributed by atoms with van der Waals surface area (Å²) in [4.78, 5) is 12.1. The lowest BCUT2D eigenvalue weighted by atomic mass is 9.86. The molecule has 1 saturated carbocycles. The van der Waals surface area contributed by atoms with Crippen molar-refractivity contribution in [1.82, 2.24) is 5.32 Å². The van der Waals surface area contributed by atoms with Gasteiger partial charge in [0.1, 0.15) is 6.61 Å². The summed E-state index contributed by atoms with van der Waals surface area (Å²) in [5.74, 6) is -1.89. The Hall–Kier alpha value is -1.85. The van der Waals surface area contributed by atoms with Crippen LogP contribution in [-0.4, -0.2) is 31.6 Å². The highest BCUT2D eigenvalue weighted by Crippen LogP contribution is 2.36. The second-order valence-corrected chi connectivity index (χ2v) is 6.00. The van der Waals surface area contributed by atoms with E-state index in [0.717, 1.165) is 0 Å². The maximum atomic E-state index is 13.1. The lowest BCUT2D eigenvalue weighted by Crippen LogP contribution is -2.42. The topological polar surface area (TPSA) is 47.6 Å². The van der Waals surface area contributed by atoms with Gasteiger partial charge >= 0.3 is 0 Å². The van der Waals surface area contributed by atoms with Crippen LogP contribution < -0.4 is 14.8 Å². The van der Waals surface area contributed by atoms with Crippen LogP contribution in [-0.2, 0) is 4.79 Å². The summed E-state index contributed by atoms with van der Waals surface area (Å²) in [7, 11) is 1.56. The molecule has 1 unspecified atom stereocenters. The second-order valence-electron chi connectivity index (χ2n) is 6.00. The Morgan fingerprint density at radius 1 is 1.30 bits per heavy atom. The SMILES string of the molecule is COc1ccccc1OCC(C)NC(=O)C1CCC(F)(F)CC1. The van der Waals surface area contributed by atoms with E-state index in [1.54, 1.807) is 19.2 Å². The lowest BCUT2D eigenvalue weighted by molar-refractivity contribution is -0.129. The molecule has 1 aliphatic carbocycles. The van der Waals surface area contributed by atoms with Crippen LogP contribution in [0.4, 0.5) is 8.78 Å². The third-order valence-electron chi connectivity index (χ3n) is 4.03. The molecule has 0 heterocycles. The maximum Gasteiger partial charge on any atom is 0.248 e.